The number of amides is 3. The van der Waals surface area contributed by atoms with Crippen molar-refractivity contribution in [1.29, 1.82) is 0 Å². The van der Waals surface area contributed by atoms with Crippen molar-refractivity contribution in [3.8, 4) is 22.6 Å². The second kappa shape index (κ2) is 19.4. The Morgan fingerprint density at radius 1 is 0.957 bits per heavy atom. The van der Waals surface area contributed by atoms with Gasteiger partial charge in [0.15, 0.2) is 23.0 Å². The number of hydrogen-bond donors (Lipinski definition) is 4. The van der Waals surface area contributed by atoms with Gasteiger partial charge in [-0.3, -0.25) is 19.1 Å². The zero-order valence-electron chi connectivity index (χ0n) is 39.9. The molecule has 0 spiro atoms. The van der Waals surface area contributed by atoms with Gasteiger partial charge >= 0.3 is 0 Å². The topological polar surface area (TPSA) is 168 Å². The quantitative estimate of drug-likeness (QED) is 0.106. The Kier molecular flexibility index (Phi) is 13.3. The van der Waals surface area contributed by atoms with Crippen molar-refractivity contribution in [3.63, 3.8) is 0 Å². The maximum Gasteiger partial charge on any atom is 0.249 e. The summed E-state index contributed by atoms with van der Waals surface area (Å²) in [5, 5.41) is 22.2. The minimum Gasteiger partial charge on any atom is -0.494 e. The molecule has 5 aliphatic rings. The Bertz CT molecular complexity index is 2810. The van der Waals surface area contributed by atoms with Crippen molar-refractivity contribution in [2.45, 2.75) is 101 Å². The maximum atomic E-state index is 16.2. The number of aliphatic hydroxyl groups is 1. The number of aliphatic hydroxyl groups excluding tert-OH is 1. The van der Waals surface area contributed by atoms with Crippen molar-refractivity contribution in [3.05, 3.63) is 106 Å². The van der Waals surface area contributed by atoms with Crippen molar-refractivity contribution >= 4 is 46.0 Å². The number of carbonyl (C=O) groups is 3. The lowest BCUT2D eigenvalue weighted by Crippen LogP contribution is -2.54. The molecule has 0 bridgehead atoms. The molecule has 4 fully saturated rings. The number of nitrogens with two attached hydrogens (primary N) is 1. The number of nitrogens with one attached hydrogen (secondary N) is 2. The van der Waals surface area contributed by atoms with E-state index in [1.165, 1.54) is 30.9 Å². The van der Waals surface area contributed by atoms with Gasteiger partial charge in [-0.15, -0.1) is 0 Å². The minimum atomic E-state index is -1.10. The smallest absolute Gasteiger partial charge is 0.249 e. The first-order valence-electron chi connectivity index (χ1n) is 24.7. The molecule has 10 rings (SSSR count). The molecule has 5 N–H and O–H groups in total. The molecular weight excluding hydrogens is 918 g/mol. The highest BCUT2D eigenvalue weighted by Crippen LogP contribution is 2.56. The molecule has 3 unspecified atom stereocenters. The summed E-state index contributed by atoms with van der Waals surface area (Å²) in [6.07, 6.45) is 6.38. The van der Waals surface area contributed by atoms with Crippen LogP contribution in [0, 0.1) is 17.6 Å². The van der Waals surface area contributed by atoms with E-state index in [1.807, 2.05) is 49.0 Å². The third kappa shape index (κ3) is 8.64. The van der Waals surface area contributed by atoms with Gasteiger partial charge in [0.1, 0.15) is 11.6 Å². The van der Waals surface area contributed by atoms with Crippen LogP contribution in [0.1, 0.15) is 104 Å². The lowest BCUT2D eigenvalue weighted by atomic mass is 9.77. The number of anilines is 1. The summed E-state index contributed by atoms with van der Waals surface area (Å²) in [6, 6.07) is 20.6. The van der Waals surface area contributed by atoms with Crippen LogP contribution in [0.2, 0.25) is 5.02 Å². The number of fused-ring (bicyclic) bond motifs is 2. The van der Waals surface area contributed by atoms with E-state index in [2.05, 4.69) is 38.6 Å². The summed E-state index contributed by atoms with van der Waals surface area (Å²) >= 11 is 6.71. The molecule has 5 aromatic rings. The third-order valence-corrected chi connectivity index (χ3v) is 16.4. The summed E-state index contributed by atoms with van der Waals surface area (Å²) in [5.74, 6) is -1.92. The van der Waals surface area contributed by atoms with Gasteiger partial charge in [0.2, 0.25) is 24.1 Å². The van der Waals surface area contributed by atoms with Gasteiger partial charge in [0.05, 0.1) is 23.2 Å². The van der Waals surface area contributed by atoms with E-state index >= 15 is 8.78 Å². The number of primary amides is 1. The van der Waals surface area contributed by atoms with E-state index < -0.39 is 35.4 Å². The van der Waals surface area contributed by atoms with E-state index in [0.29, 0.717) is 42.9 Å². The van der Waals surface area contributed by atoms with Crippen molar-refractivity contribution in [2.24, 2.45) is 18.7 Å². The summed E-state index contributed by atoms with van der Waals surface area (Å²) in [5.41, 5.74) is 7.87. The standard InChI is InChI=1S/C53H61ClF2N8O6/c1-30-44-42(28-39(55)47(54)46(44)45-38(49(57)66)15-16-41(69-3)48(45)56)70-53(30,34-7-5-4-6-8-34)29-58-35-12-9-32(10-13-35)51(67)63-24-19-36(20-25-63)62-22-17-31(18-23-62)33-11-14-37-40(27-33)61(2)60-50(37)64-26-21-43(65)59-52(64)68/h4-8,11,14-16,27-28,30-32,35-36,52,58,68H,9-10,12-13,17-26,29H2,1-3H3,(H2,57,66)(H,59,65). The summed E-state index contributed by atoms with van der Waals surface area (Å²) < 4.78 is 46.0. The minimum absolute atomic E-state index is 0.00133. The van der Waals surface area contributed by atoms with Crippen molar-refractivity contribution < 1.29 is 37.7 Å². The monoisotopic (exact) mass is 978 g/mol. The highest BCUT2D eigenvalue weighted by molar-refractivity contribution is 6.34. The molecule has 0 radical (unpaired) electrons. The normalized spacial score (nSPS) is 24.6. The van der Waals surface area contributed by atoms with Gasteiger partial charge in [-0.1, -0.05) is 54.9 Å². The Morgan fingerprint density at radius 2 is 1.69 bits per heavy atom. The largest absolute Gasteiger partial charge is 0.494 e. The van der Waals surface area contributed by atoms with Crippen LogP contribution in [0.5, 0.6) is 11.5 Å². The van der Waals surface area contributed by atoms with E-state index in [0.717, 1.165) is 94.0 Å². The number of aryl methyl sites for hydroxylation is 1. The molecule has 1 aliphatic carbocycles. The molecule has 14 nitrogen and oxygen atoms in total. The number of ether oxygens (including phenoxy) is 2. The lowest BCUT2D eigenvalue weighted by Gasteiger charge is -2.43. The van der Waals surface area contributed by atoms with Gasteiger partial charge in [-0.05, 0) is 106 Å². The fourth-order valence-corrected chi connectivity index (χ4v) is 12.4. The number of nitrogens with zero attached hydrogens (tertiary/aromatic N) is 5. The highest BCUT2D eigenvalue weighted by Gasteiger charge is 2.50. The molecule has 17 heteroatoms. The molecule has 3 atom stereocenters. The number of benzene rings is 4. The Labute approximate surface area is 411 Å². The Hall–Kier alpha value is -5.81. The molecule has 4 aromatic carbocycles. The number of likely N-dealkylation sites (tertiary alicyclic amines) is 2. The van der Waals surface area contributed by atoms with Gasteiger partial charge < -0.3 is 45.6 Å². The van der Waals surface area contributed by atoms with Crippen LogP contribution >= 0.6 is 11.6 Å². The number of hydrogen-bond acceptors (Lipinski definition) is 10. The Balaban J connectivity index is 0.744. The lowest BCUT2D eigenvalue weighted by molar-refractivity contribution is -0.138. The first kappa shape index (κ1) is 47.8. The summed E-state index contributed by atoms with van der Waals surface area (Å²) in [7, 11) is 3.22. The molecule has 70 heavy (non-hydrogen) atoms. The van der Waals surface area contributed by atoms with E-state index in [-0.39, 0.29) is 57.0 Å². The molecule has 3 amide bonds. The van der Waals surface area contributed by atoms with Crippen LogP contribution in [0.3, 0.4) is 0 Å². The second-order valence-corrected chi connectivity index (χ2v) is 20.2. The number of piperidine rings is 2. The van der Waals surface area contributed by atoms with Gasteiger partial charge in [-0.2, -0.15) is 5.10 Å². The van der Waals surface area contributed by atoms with Crippen LogP contribution in [0.15, 0.2) is 66.7 Å². The molecular formula is C53H61ClF2N8O6. The fourth-order valence-electron chi connectivity index (χ4n) is 12.1. The molecule has 5 heterocycles. The molecule has 3 saturated heterocycles. The van der Waals surface area contributed by atoms with Crippen LogP contribution in [0.4, 0.5) is 14.6 Å². The number of aromatic nitrogens is 2. The molecule has 370 valence electrons. The first-order valence-corrected chi connectivity index (χ1v) is 25.0. The summed E-state index contributed by atoms with van der Waals surface area (Å²) in [6.45, 7) is 6.23. The molecule has 1 aromatic heterocycles. The van der Waals surface area contributed by atoms with Gasteiger partial charge in [0.25, 0.3) is 0 Å². The summed E-state index contributed by atoms with van der Waals surface area (Å²) in [4.78, 5) is 44.9. The first-order chi connectivity index (χ1) is 33.8. The third-order valence-electron chi connectivity index (χ3n) is 16.1. The molecule has 1 saturated carbocycles. The zero-order valence-corrected chi connectivity index (χ0v) is 40.6. The average molecular weight is 980 g/mol. The van der Waals surface area contributed by atoms with Crippen molar-refractivity contribution in [2.75, 3.05) is 51.3 Å². The maximum absolute atomic E-state index is 16.2. The molecule has 4 aliphatic heterocycles. The highest BCUT2D eigenvalue weighted by atomic mass is 35.5. The van der Waals surface area contributed by atoms with E-state index in [4.69, 9.17) is 31.9 Å². The fraction of sp³-hybridized carbons (Fsp3) is 0.472. The number of halogens is 3. The average Bonchev–Trinajstić information content (AvgIpc) is 3.85. The predicted octanol–water partition coefficient (Wildman–Crippen LogP) is 7.29. The van der Waals surface area contributed by atoms with Crippen LogP contribution < -0.4 is 30.7 Å². The van der Waals surface area contributed by atoms with Crippen LogP contribution in [-0.2, 0) is 22.2 Å². The second-order valence-electron chi connectivity index (χ2n) is 19.8. The van der Waals surface area contributed by atoms with Crippen LogP contribution in [-0.4, -0.2) is 107 Å². The number of rotatable bonds is 11. The predicted molar refractivity (Wildman–Crippen MR) is 263 cm³/mol. The Morgan fingerprint density at radius 3 is 2.37 bits per heavy atom. The van der Waals surface area contributed by atoms with Gasteiger partial charge in [0, 0.05) is 91.7 Å². The zero-order chi connectivity index (χ0) is 49.0. The van der Waals surface area contributed by atoms with Crippen molar-refractivity contribution in [1.82, 2.24) is 30.2 Å². The number of methoxy groups -OCH3 is 1. The van der Waals surface area contributed by atoms with Crippen LogP contribution in [0.25, 0.3) is 22.0 Å². The number of carbonyl (C=O) groups excluding carboxylic acids is 3. The SMILES string of the molecule is COc1ccc(C(N)=O)c(-c2c(Cl)c(F)cc3c2C(C)C(CNC2CCC(C(=O)N4CCC(N5CCC(c6ccc7c(N8CCC(=O)NC8O)nn(C)c7c6)CC5)CC4)CC2)(c2ccccc2)O3)c1F. The van der Waals surface area contributed by atoms with Gasteiger partial charge in [-0.25, -0.2) is 8.78 Å². The van der Waals surface area contributed by atoms with E-state index in [9.17, 15) is 19.5 Å². The van der Waals surface area contributed by atoms with E-state index in [1.54, 1.807) is 4.90 Å².